The normalized spacial score (nSPS) is 13.2. The van der Waals surface area contributed by atoms with E-state index in [9.17, 15) is 4.79 Å². The summed E-state index contributed by atoms with van der Waals surface area (Å²) < 4.78 is 0. The van der Waals surface area contributed by atoms with Gasteiger partial charge in [0.2, 0.25) is 5.91 Å². The second-order valence-corrected chi connectivity index (χ2v) is 5.20. The van der Waals surface area contributed by atoms with E-state index in [1.54, 1.807) is 0 Å². The molecule has 0 bridgehead atoms. The quantitative estimate of drug-likeness (QED) is 0.741. The van der Waals surface area contributed by atoms with Gasteiger partial charge in [0.25, 0.3) is 0 Å². The van der Waals surface area contributed by atoms with Gasteiger partial charge in [-0.3, -0.25) is 4.79 Å². The zero-order valence-corrected chi connectivity index (χ0v) is 14.6. The zero-order chi connectivity index (χ0) is 14.2. The first kappa shape index (κ1) is 21.0. The number of hydrogen-bond acceptors (Lipinski definition) is 4. The maximum Gasteiger partial charge on any atom is 0.220 e. The number of carbonyl (C=O) groups excluding carboxylic acids is 1. The molecular formula is C15H26Cl2N4O. The topological polar surface area (TPSA) is 57.3 Å². The van der Waals surface area contributed by atoms with Crippen LogP contribution in [0.15, 0.2) is 18.3 Å². The number of carbonyl (C=O) groups is 1. The molecule has 126 valence electrons. The van der Waals surface area contributed by atoms with Crippen LogP contribution < -0.4 is 15.5 Å². The van der Waals surface area contributed by atoms with Gasteiger partial charge in [0, 0.05) is 32.3 Å². The van der Waals surface area contributed by atoms with Gasteiger partial charge in [-0.25, -0.2) is 4.98 Å². The highest BCUT2D eigenvalue weighted by Gasteiger charge is 2.13. The van der Waals surface area contributed by atoms with Gasteiger partial charge >= 0.3 is 0 Å². The second kappa shape index (κ2) is 11.5. The van der Waals surface area contributed by atoms with Gasteiger partial charge in [0.05, 0.1) is 0 Å². The smallest absolute Gasteiger partial charge is 0.220 e. The average Bonchev–Trinajstić information content (AvgIpc) is 3.00. The first-order chi connectivity index (χ1) is 9.79. The number of nitrogens with one attached hydrogen (secondary N) is 2. The SMILES string of the molecule is CNCCCC(=O)NCc1ccnc(N2CCCC2)c1.Cl.Cl. The molecule has 1 amide bonds. The van der Waals surface area contributed by atoms with Crippen LogP contribution in [0.3, 0.4) is 0 Å². The molecule has 2 heterocycles. The molecule has 0 unspecified atom stereocenters. The van der Waals surface area contributed by atoms with E-state index in [-0.39, 0.29) is 30.7 Å². The van der Waals surface area contributed by atoms with E-state index in [1.807, 2.05) is 19.3 Å². The van der Waals surface area contributed by atoms with Crippen molar-refractivity contribution in [2.45, 2.75) is 32.2 Å². The third kappa shape index (κ3) is 6.81. The molecule has 1 saturated heterocycles. The van der Waals surface area contributed by atoms with Crippen LogP contribution in [-0.2, 0) is 11.3 Å². The molecule has 1 aromatic heterocycles. The van der Waals surface area contributed by atoms with Crippen molar-refractivity contribution in [2.24, 2.45) is 0 Å². The van der Waals surface area contributed by atoms with Gasteiger partial charge in [0.15, 0.2) is 0 Å². The van der Waals surface area contributed by atoms with Crippen LogP contribution in [0.2, 0.25) is 0 Å². The van der Waals surface area contributed by atoms with Crippen molar-refractivity contribution >= 4 is 36.5 Å². The lowest BCUT2D eigenvalue weighted by Crippen LogP contribution is -2.24. The summed E-state index contributed by atoms with van der Waals surface area (Å²) in [5, 5.41) is 6.00. The monoisotopic (exact) mass is 348 g/mol. The van der Waals surface area contributed by atoms with E-state index in [4.69, 9.17) is 0 Å². The van der Waals surface area contributed by atoms with Gasteiger partial charge in [0.1, 0.15) is 5.82 Å². The summed E-state index contributed by atoms with van der Waals surface area (Å²) >= 11 is 0. The van der Waals surface area contributed by atoms with Crippen LogP contribution >= 0.6 is 24.8 Å². The number of pyridine rings is 1. The Hall–Kier alpha value is -1.04. The fourth-order valence-electron chi connectivity index (χ4n) is 2.40. The standard InChI is InChI=1S/C15H24N4O.2ClH/c1-16-7-4-5-15(20)18-12-13-6-8-17-14(11-13)19-9-2-3-10-19;;/h6,8,11,16H,2-5,7,9-10,12H2,1H3,(H,18,20);2*1H. The molecule has 1 aliphatic rings. The van der Waals surface area contributed by atoms with Crippen molar-refractivity contribution in [1.82, 2.24) is 15.6 Å². The van der Waals surface area contributed by atoms with Crippen LogP contribution in [0, 0.1) is 0 Å². The molecule has 7 heteroatoms. The Morgan fingerprint density at radius 1 is 1.32 bits per heavy atom. The lowest BCUT2D eigenvalue weighted by atomic mass is 10.2. The first-order valence-electron chi connectivity index (χ1n) is 7.41. The van der Waals surface area contributed by atoms with Crippen molar-refractivity contribution in [3.8, 4) is 0 Å². The minimum absolute atomic E-state index is 0. The van der Waals surface area contributed by atoms with Gasteiger partial charge in [-0.05, 0) is 50.6 Å². The number of amides is 1. The van der Waals surface area contributed by atoms with Crippen molar-refractivity contribution in [3.63, 3.8) is 0 Å². The summed E-state index contributed by atoms with van der Waals surface area (Å²) in [6.45, 7) is 3.64. The van der Waals surface area contributed by atoms with Crippen molar-refractivity contribution in [1.29, 1.82) is 0 Å². The summed E-state index contributed by atoms with van der Waals surface area (Å²) in [6, 6.07) is 4.05. The molecule has 0 aromatic carbocycles. The highest BCUT2D eigenvalue weighted by molar-refractivity contribution is 5.85. The minimum Gasteiger partial charge on any atom is -0.357 e. The molecule has 0 aliphatic carbocycles. The molecule has 0 atom stereocenters. The maximum atomic E-state index is 11.7. The van der Waals surface area contributed by atoms with E-state index >= 15 is 0 Å². The number of nitrogens with zero attached hydrogens (tertiary/aromatic N) is 2. The fourth-order valence-corrected chi connectivity index (χ4v) is 2.40. The van der Waals surface area contributed by atoms with Gasteiger partial charge in [-0.2, -0.15) is 0 Å². The van der Waals surface area contributed by atoms with E-state index < -0.39 is 0 Å². The Bertz CT molecular complexity index is 439. The van der Waals surface area contributed by atoms with Crippen molar-refractivity contribution in [2.75, 3.05) is 31.6 Å². The molecule has 0 radical (unpaired) electrons. The maximum absolute atomic E-state index is 11.7. The predicted molar refractivity (Wildman–Crippen MR) is 95.2 cm³/mol. The Morgan fingerprint density at radius 2 is 2.05 bits per heavy atom. The molecule has 1 aromatic rings. The molecule has 0 saturated carbocycles. The minimum atomic E-state index is 0. The molecule has 2 rings (SSSR count). The van der Waals surface area contributed by atoms with Gasteiger partial charge < -0.3 is 15.5 Å². The summed E-state index contributed by atoms with van der Waals surface area (Å²) in [5.41, 5.74) is 1.11. The van der Waals surface area contributed by atoms with E-state index in [0.29, 0.717) is 13.0 Å². The molecular weight excluding hydrogens is 323 g/mol. The fraction of sp³-hybridized carbons (Fsp3) is 0.600. The molecule has 0 spiro atoms. The van der Waals surface area contributed by atoms with E-state index in [0.717, 1.165) is 37.4 Å². The molecule has 1 fully saturated rings. The zero-order valence-electron chi connectivity index (χ0n) is 13.0. The summed E-state index contributed by atoms with van der Waals surface area (Å²) in [4.78, 5) is 18.4. The highest BCUT2D eigenvalue weighted by Crippen LogP contribution is 2.18. The number of halogens is 2. The van der Waals surface area contributed by atoms with Crippen LogP contribution in [-0.4, -0.2) is 37.6 Å². The van der Waals surface area contributed by atoms with Crippen LogP contribution in [0.5, 0.6) is 0 Å². The van der Waals surface area contributed by atoms with Crippen molar-refractivity contribution < 1.29 is 4.79 Å². The highest BCUT2D eigenvalue weighted by atomic mass is 35.5. The predicted octanol–water partition coefficient (Wildman–Crippen LogP) is 2.14. The summed E-state index contributed by atoms with van der Waals surface area (Å²) in [7, 11) is 1.90. The summed E-state index contributed by atoms with van der Waals surface area (Å²) in [6.07, 6.45) is 5.76. The van der Waals surface area contributed by atoms with E-state index in [1.165, 1.54) is 12.8 Å². The first-order valence-corrected chi connectivity index (χ1v) is 7.41. The van der Waals surface area contributed by atoms with Crippen LogP contribution in [0.25, 0.3) is 0 Å². The van der Waals surface area contributed by atoms with Crippen LogP contribution in [0.1, 0.15) is 31.2 Å². The molecule has 2 N–H and O–H groups in total. The number of rotatable bonds is 7. The lowest BCUT2D eigenvalue weighted by molar-refractivity contribution is -0.121. The number of aromatic nitrogens is 1. The average molecular weight is 349 g/mol. The van der Waals surface area contributed by atoms with E-state index in [2.05, 4.69) is 26.6 Å². The Labute approximate surface area is 145 Å². The largest absolute Gasteiger partial charge is 0.357 e. The Kier molecular flexibility index (Phi) is 11.0. The Balaban J connectivity index is 0.00000220. The number of anilines is 1. The van der Waals surface area contributed by atoms with Crippen molar-refractivity contribution in [3.05, 3.63) is 23.9 Å². The third-order valence-electron chi connectivity index (χ3n) is 3.56. The molecule has 5 nitrogen and oxygen atoms in total. The number of hydrogen-bond donors (Lipinski definition) is 2. The molecule has 1 aliphatic heterocycles. The lowest BCUT2D eigenvalue weighted by Gasteiger charge is -2.17. The summed E-state index contributed by atoms with van der Waals surface area (Å²) in [5.74, 6) is 1.14. The third-order valence-corrected chi connectivity index (χ3v) is 3.56. The Morgan fingerprint density at radius 3 is 2.73 bits per heavy atom. The second-order valence-electron chi connectivity index (χ2n) is 5.20. The van der Waals surface area contributed by atoms with Crippen LogP contribution in [0.4, 0.5) is 5.82 Å². The molecule has 22 heavy (non-hydrogen) atoms. The van der Waals surface area contributed by atoms with Gasteiger partial charge in [-0.1, -0.05) is 0 Å². The van der Waals surface area contributed by atoms with Gasteiger partial charge in [-0.15, -0.1) is 24.8 Å².